The number of benzene rings is 2. The van der Waals surface area contributed by atoms with E-state index in [2.05, 4.69) is 0 Å². The van der Waals surface area contributed by atoms with Crippen molar-refractivity contribution >= 4 is 11.7 Å². The number of carbonyl (C=O) groups is 2. The highest BCUT2D eigenvalue weighted by atomic mass is 16.5. The first-order valence-electron chi connectivity index (χ1n) is 12.7. The summed E-state index contributed by atoms with van der Waals surface area (Å²) in [5.74, 6) is -0.918. The van der Waals surface area contributed by atoms with Crippen molar-refractivity contribution in [3.05, 3.63) is 46.5 Å². The molecule has 0 atom stereocenters. The van der Waals surface area contributed by atoms with Gasteiger partial charge in [0.25, 0.3) is 0 Å². The molecule has 3 N–H and O–H groups in total. The number of ether oxygens (including phenoxy) is 5. The molecule has 0 aliphatic heterocycles. The van der Waals surface area contributed by atoms with E-state index >= 15 is 0 Å². The first-order chi connectivity index (χ1) is 18.8. The molecular weight excluding hydrogens is 510 g/mol. The summed E-state index contributed by atoms with van der Waals surface area (Å²) in [7, 11) is 4.60. The second-order valence-electron chi connectivity index (χ2n) is 8.55. The number of aromatic hydroxyl groups is 2. The van der Waals surface area contributed by atoms with Gasteiger partial charge in [0, 0.05) is 46.0 Å². The van der Waals surface area contributed by atoms with Gasteiger partial charge in [0.05, 0.1) is 38.4 Å². The molecule has 0 aliphatic carbocycles. The van der Waals surface area contributed by atoms with E-state index in [1.165, 1.54) is 31.3 Å². The summed E-state index contributed by atoms with van der Waals surface area (Å²) in [6, 6.07) is 5.73. The Morgan fingerprint density at radius 1 is 0.795 bits per heavy atom. The van der Waals surface area contributed by atoms with Gasteiger partial charge >= 0.3 is 0 Å². The van der Waals surface area contributed by atoms with Crippen LogP contribution >= 0.6 is 0 Å². The van der Waals surface area contributed by atoms with Gasteiger partial charge in [-0.05, 0) is 35.7 Å². The number of aliphatic hydroxyl groups is 1. The summed E-state index contributed by atoms with van der Waals surface area (Å²) < 4.78 is 26.6. The predicted molar refractivity (Wildman–Crippen MR) is 143 cm³/mol. The van der Waals surface area contributed by atoms with Crippen LogP contribution in [-0.4, -0.2) is 106 Å². The molecule has 11 heteroatoms. The minimum absolute atomic E-state index is 0.0738. The van der Waals surface area contributed by atoms with E-state index in [1.54, 1.807) is 20.1 Å². The SMILES string of the molecule is CCc1c(O)cc(O)c(C(=O)c2ccc(OCCOC)c(OCCOC)c2)c1CC(=O)N(CCO)CCOC. The molecule has 0 unspecified atom stereocenters. The molecule has 0 spiro atoms. The van der Waals surface area contributed by atoms with Crippen LogP contribution in [0.15, 0.2) is 24.3 Å². The minimum atomic E-state index is -0.560. The third kappa shape index (κ3) is 8.82. The van der Waals surface area contributed by atoms with Crippen molar-refractivity contribution in [1.29, 1.82) is 0 Å². The molecule has 0 aromatic heterocycles. The number of nitrogens with zero attached hydrogens (tertiary/aromatic N) is 1. The molecular formula is C28H39NO10. The van der Waals surface area contributed by atoms with Gasteiger partial charge in [-0.2, -0.15) is 0 Å². The quantitative estimate of drug-likeness (QED) is 0.186. The van der Waals surface area contributed by atoms with E-state index in [9.17, 15) is 24.9 Å². The Labute approximate surface area is 228 Å². The molecule has 39 heavy (non-hydrogen) atoms. The van der Waals surface area contributed by atoms with E-state index in [-0.39, 0.29) is 74.3 Å². The number of carbonyl (C=O) groups excluding carboxylic acids is 2. The van der Waals surface area contributed by atoms with Crippen molar-refractivity contribution in [2.24, 2.45) is 0 Å². The van der Waals surface area contributed by atoms with Gasteiger partial charge in [-0.15, -0.1) is 0 Å². The second-order valence-corrected chi connectivity index (χ2v) is 8.55. The van der Waals surface area contributed by atoms with Crippen LogP contribution in [0.4, 0.5) is 0 Å². The maximum absolute atomic E-state index is 13.8. The summed E-state index contributed by atoms with van der Waals surface area (Å²) in [4.78, 5) is 28.4. The van der Waals surface area contributed by atoms with Crippen LogP contribution in [0.2, 0.25) is 0 Å². The van der Waals surface area contributed by atoms with E-state index in [1.807, 2.05) is 0 Å². The Balaban J connectivity index is 2.53. The van der Waals surface area contributed by atoms with Gasteiger partial charge < -0.3 is 43.9 Å². The molecule has 216 valence electrons. The minimum Gasteiger partial charge on any atom is -0.508 e. The predicted octanol–water partition coefficient (Wildman–Crippen LogP) is 1.95. The molecule has 11 nitrogen and oxygen atoms in total. The van der Waals surface area contributed by atoms with E-state index in [0.717, 1.165) is 6.07 Å². The summed E-state index contributed by atoms with van der Waals surface area (Å²) in [5, 5.41) is 30.8. The zero-order valence-corrected chi connectivity index (χ0v) is 23.0. The van der Waals surface area contributed by atoms with Gasteiger partial charge in [0.2, 0.25) is 5.91 Å². The Morgan fingerprint density at radius 3 is 2.03 bits per heavy atom. The molecule has 2 aromatic rings. The number of methoxy groups -OCH3 is 3. The number of phenols is 2. The van der Waals surface area contributed by atoms with Gasteiger partial charge in [0.1, 0.15) is 24.7 Å². The van der Waals surface area contributed by atoms with Crippen LogP contribution in [0, 0.1) is 0 Å². The highest BCUT2D eigenvalue weighted by molar-refractivity contribution is 6.12. The Kier molecular flexibility index (Phi) is 13.5. The molecule has 2 rings (SSSR count). The van der Waals surface area contributed by atoms with Crippen molar-refractivity contribution in [1.82, 2.24) is 4.90 Å². The van der Waals surface area contributed by atoms with Crippen LogP contribution in [0.25, 0.3) is 0 Å². The van der Waals surface area contributed by atoms with E-state index in [4.69, 9.17) is 23.7 Å². The van der Waals surface area contributed by atoms with Crippen LogP contribution < -0.4 is 9.47 Å². The van der Waals surface area contributed by atoms with Crippen molar-refractivity contribution in [2.75, 3.05) is 74.1 Å². The number of amides is 1. The topological polar surface area (TPSA) is 144 Å². The maximum Gasteiger partial charge on any atom is 0.227 e. The van der Waals surface area contributed by atoms with E-state index in [0.29, 0.717) is 36.7 Å². The second kappa shape index (κ2) is 16.6. The van der Waals surface area contributed by atoms with Crippen molar-refractivity contribution in [3.63, 3.8) is 0 Å². The average Bonchev–Trinajstić information content (AvgIpc) is 2.91. The molecule has 0 radical (unpaired) electrons. The fraction of sp³-hybridized carbons (Fsp3) is 0.500. The molecule has 0 aliphatic rings. The average molecular weight is 550 g/mol. The summed E-state index contributed by atoms with van der Waals surface area (Å²) in [5.41, 5.74) is 0.679. The number of ketones is 1. The van der Waals surface area contributed by atoms with Crippen LogP contribution in [0.1, 0.15) is 34.0 Å². The van der Waals surface area contributed by atoms with Crippen LogP contribution in [-0.2, 0) is 31.8 Å². The molecule has 0 saturated heterocycles. The zero-order valence-electron chi connectivity index (χ0n) is 23.0. The molecule has 0 bridgehead atoms. The lowest BCUT2D eigenvalue weighted by atomic mass is 9.89. The molecule has 1 amide bonds. The smallest absolute Gasteiger partial charge is 0.227 e. The number of phenolic OH excluding ortho intramolecular Hbond substituents is 2. The summed E-state index contributed by atoms with van der Waals surface area (Å²) in [6.45, 7) is 3.24. The van der Waals surface area contributed by atoms with Gasteiger partial charge in [-0.3, -0.25) is 9.59 Å². The van der Waals surface area contributed by atoms with Gasteiger partial charge in [-0.1, -0.05) is 6.92 Å². The van der Waals surface area contributed by atoms with Crippen molar-refractivity contribution in [3.8, 4) is 23.0 Å². The highest BCUT2D eigenvalue weighted by Crippen LogP contribution is 2.36. The first kappa shape index (κ1) is 31.8. The third-order valence-corrected chi connectivity index (χ3v) is 6.00. The third-order valence-electron chi connectivity index (χ3n) is 6.00. The van der Waals surface area contributed by atoms with Gasteiger partial charge in [0.15, 0.2) is 17.3 Å². The largest absolute Gasteiger partial charge is 0.508 e. The maximum atomic E-state index is 13.8. The van der Waals surface area contributed by atoms with Crippen LogP contribution in [0.3, 0.4) is 0 Å². The number of hydrogen-bond donors (Lipinski definition) is 3. The van der Waals surface area contributed by atoms with E-state index < -0.39 is 11.5 Å². The molecule has 0 saturated carbocycles. The lowest BCUT2D eigenvalue weighted by Gasteiger charge is -2.23. The van der Waals surface area contributed by atoms with Gasteiger partial charge in [-0.25, -0.2) is 0 Å². The number of rotatable bonds is 18. The highest BCUT2D eigenvalue weighted by Gasteiger charge is 2.27. The van der Waals surface area contributed by atoms with Crippen molar-refractivity contribution in [2.45, 2.75) is 19.8 Å². The Hall–Kier alpha value is -3.38. The monoisotopic (exact) mass is 549 g/mol. The fourth-order valence-corrected chi connectivity index (χ4v) is 4.03. The normalized spacial score (nSPS) is 10.9. The Bertz CT molecular complexity index is 1090. The first-order valence-corrected chi connectivity index (χ1v) is 12.7. The molecule has 0 heterocycles. The lowest BCUT2D eigenvalue weighted by Crippen LogP contribution is -2.37. The Morgan fingerprint density at radius 2 is 1.44 bits per heavy atom. The number of hydrogen-bond acceptors (Lipinski definition) is 10. The summed E-state index contributed by atoms with van der Waals surface area (Å²) in [6.07, 6.45) is 0.0378. The zero-order chi connectivity index (χ0) is 28.8. The standard InChI is InChI=1S/C28H39NO10/c1-5-20-21(17-26(33)29(8-10-30)9-11-35-2)27(23(32)18-22(20)31)28(34)19-6-7-24(38-14-12-36-3)25(16-19)39-15-13-37-4/h6-7,16,18,30-32H,5,8-15,17H2,1-4H3. The summed E-state index contributed by atoms with van der Waals surface area (Å²) >= 11 is 0. The molecule has 2 aromatic carbocycles. The lowest BCUT2D eigenvalue weighted by molar-refractivity contribution is -0.131. The number of aliphatic hydroxyl groups excluding tert-OH is 1. The van der Waals surface area contributed by atoms with Crippen molar-refractivity contribution < 1.29 is 48.6 Å². The molecule has 0 fully saturated rings. The fourth-order valence-electron chi connectivity index (χ4n) is 4.03. The van der Waals surface area contributed by atoms with Crippen LogP contribution in [0.5, 0.6) is 23.0 Å².